The lowest BCUT2D eigenvalue weighted by atomic mass is 10.1. The lowest BCUT2D eigenvalue weighted by Gasteiger charge is -2.12. The molecule has 0 unspecified atom stereocenters. The van der Waals surface area contributed by atoms with Gasteiger partial charge in [-0.05, 0) is 64.7 Å². The van der Waals surface area contributed by atoms with E-state index in [0.29, 0.717) is 132 Å². The summed E-state index contributed by atoms with van der Waals surface area (Å²) in [7, 11) is 0. The maximum Gasteiger partial charge on any atom is 0.236 e. The molecule has 0 bridgehead atoms. The predicted molar refractivity (Wildman–Crippen MR) is 171 cm³/mol. The summed E-state index contributed by atoms with van der Waals surface area (Å²) in [5.41, 5.74) is 16.7. The van der Waals surface area contributed by atoms with Crippen molar-refractivity contribution < 1.29 is 42.7 Å². The number of carbonyl (C=O) groups excluding carboxylic acids is 1. The summed E-state index contributed by atoms with van der Waals surface area (Å²) in [5.74, 6) is -0.113. The molecule has 0 aromatic rings. The molecule has 264 valence electrons. The first kappa shape index (κ1) is 43.0. The zero-order chi connectivity index (χ0) is 32.0. The molecule has 1 amide bonds. The summed E-state index contributed by atoms with van der Waals surface area (Å²) >= 11 is 0. The maximum atomic E-state index is 11.8. The Hall–Kier alpha value is -1.01. The first-order chi connectivity index (χ1) is 21.7. The third-order valence-corrected chi connectivity index (χ3v) is 6.08. The Morgan fingerprint density at radius 1 is 0.455 bits per heavy atom. The lowest BCUT2D eigenvalue weighted by Crippen LogP contribution is -2.41. The minimum Gasteiger partial charge on any atom is -0.379 e. The zero-order valence-electron chi connectivity index (χ0n) is 27.3. The summed E-state index contributed by atoms with van der Waals surface area (Å²) in [6.07, 6.45) is 5.94. The second-order valence-electron chi connectivity index (χ2n) is 10.0. The van der Waals surface area contributed by atoms with Crippen molar-refractivity contribution in [1.82, 2.24) is 10.6 Å². The number of unbranched alkanes of at least 4 members (excludes halogenated alkanes) is 1. The molecule has 0 saturated carbocycles. The van der Waals surface area contributed by atoms with Crippen molar-refractivity contribution in [3.8, 4) is 0 Å². The second kappa shape index (κ2) is 38.2. The van der Waals surface area contributed by atoms with Crippen molar-refractivity contribution >= 4 is 5.91 Å². The average molecular weight is 640 g/mol. The van der Waals surface area contributed by atoms with Gasteiger partial charge >= 0.3 is 0 Å². The van der Waals surface area contributed by atoms with E-state index in [2.05, 4.69) is 10.6 Å². The van der Waals surface area contributed by atoms with Crippen LogP contribution in [0.4, 0.5) is 0 Å². The minimum absolute atomic E-state index is 0.113. The van der Waals surface area contributed by atoms with Crippen LogP contribution in [0.2, 0.25) is 0 Å². The first-order valence-electron chi connectivity index (χ1n) is 16.5. The third kappa shape index (κ3) is 35.5. The number of rotatable bonds is 38. The molecule has 14 heteroatoms. The maximum absolute atomic E-state index is 11.8. The molecule has 0 aromatic carbocycles. The molecule has 0 spiro atoms. The number of carbonyl (C=O) groups is 1. The van der Waals surface area contributed by atoms with E-state index in [0.717, 1.165) is 51.6 Å². The molecule has 0 aliphatic rings. The highest BCUT2D eigenvalue weighted by molar-refractivity contribution is 5.81. The Balaban J connectivity index is 3.12. The highest BCUT2D eigenvalue weighted by atomic mass is 16.6. The van der Waals surface area contributed by atoms with Gasteiger partial charge in [0.25, 0.3) is 0 Å². The van der Waals surface area contributed by atoms with Crippen LogP contribution >= 0.6 is 0 Å². The normalized spacial score (nSPS) is 12.2. The highest BCUT2D eigenvalue weighted by Gasteiger charge is 2.11. The fourth-order valence-corrected chi connectivity index (χ4v) is 3.59. The largest absolute Gasteiger partial charge is 0.379 e. The Morgan fingerprint density at radius 3 is 1.18 bits per heavy atom. The van der Waals surface area contributed by atoms with Gasteiger partial charge in [0.05, 0.1) is 85.3 Å². The van der Waals surface area contributed by atoms with Crippen LogP contribution in [0, 0.1) is 0 Å². The Bertz CT molecular complexity index is 571. The predicted octanol–water partition coefficient (Wildman–Crippen LogP) is -0.200. The standard InChI is InChI=1S/C30H65N5O9/c31-8-2-1-7-29(33)30(36)35-12-6-16-40-20-24-41-22-18-38-14-4-10-34-11-5-15-39-19-23-43-26-28-44-27-25-42-21-17-37-13-3-9-32/h29,34H,1-28,31-33H2,(H,35,36)/t29-/m0/s1. The van der Waals surface area contributed by atoms with Gasteiger partial charge in [-0.3, -0.25) is 4.79 Å². The van der Waals surface area contributed by atoms with Gasteiger partial charge in [-0.1, -0.05) is 6.42 Å². The van der Waals surface area contributed by atoms with Crippen LogP contribution in [0.15, 0.2) is 0 Å². The van der Waals surface area contributed by atoms with Gasteiger partial charge in [0.1, 0.15) is 0 Å². The van der Waals surface area contributed by atoms with E-state index in [-0.39, 0.29) is 5.91 Å². The summed E-state index contributed by atoms with van der Waals surface area (Å²) in [5, 5.41) is 6.23. The fraction of sp³-hybridized carbons (Fsp3) is 0.967. The van der Waals surface area contributed by atoms with Crippen molar-refractivity contribution in [3.05, 3.63) is 0 Å². The summed E-state index contributed by atoms with van der Waals surface area (Å²) < 4.78 is 43.9. The first-order valence-corrected chi connectivity index (χ1v) is 16.5. The van der Waals surface area contributed by atoms with E-state index in [1.54, 1.807) is 0 Å². The number of nitrogens with two attached hydrogens (primary N) is 3. The van der Waals surface area contributed by atoms with Crippen LogP contribution in [-0.2, 0) is 42.7 Å². The number of ether oxygens (including phenoxy) is 8. The molecular weight excluding hydrogens is 574 g/mol. The van der Waals surface area contributed by atoms with Crippen molar-refractivity contribution in [3.63, 3.8) is 0 Å². The second-order valence-corrected chi connectivity index (χ2v) is 10.0. The molecule has 8 N–H and O–H groups in total. The number of nitrogens with one attached hydrogen (secondary N) is 2. The van der Waals surface area contributed by atoms with Crippen molar-refractivity contribution in [1.29, 1.82) is 0 Å². The van der Waals surface area contributed by atoms with E-state index in [9.17, 15) is 4.79 Å². The van der Waals surface area contributed by atoms with Crippen molar-refractivity contribution in [2.45, 2.75) is 51.0 Å². The summed E-state index contributed by atoms with van der Waals surface area (Å²) in [6, 6.07) is -0.463. The quantitative estimate of drug-likeness (QED) is 0.0559. The van der Waals surface area contributed by atoms with E-state index in [1.807, 2.05) is 0 Å². The van der Waals surface area contributed by atoms with E-state index in [4.69, 9.17) is 55.1 Å². The summed E-state index contributed by atoms with van der Waals surface area (Å²) in [6.45, 7) is 13.0. The zero-order valence-corrected chi connectivity index (χ0v) is 27.3. The van der Waals surface area contributed by atoms with Gasteiger partial charge in [-0.2, -0.15) is 0 Å². The Labute approximate surface area is 266 Å². The van der Waals surface area contributed by atoms with Crippen LogP contribution in [0.25, 0.3) is 0 Å². The van der Waals surface area contributed by atoms with E-state index >= 15 is 0 Å². The van der Waals surface area contributed by atoms with Crippen molar-refractivity contribution in [2.24, 2.45) is 17.2 Å². The van der Waals surface area contributed by atoms with Gasteiger partial charge in [0, 0.05) is 33.0 Å². The Kier molecular flexibility index (Phi) is 37.3. The smallest absolute Gasteiger partial charge is 0.236 e. The van der Waals surface area contributed by atoms with Crippen LogP contribution in [0.1, 0.15) is 44.9 Å². The molecule has 0 aliphatic carbocycles. The molecule has 0 aromatic heterocycles. The molecule has 0 aliphatic heterocycles. The van der Waals surface area contributed by atoms with Gasteiger partial charge in [0.2, 0.25) is 5.91 Å². The van der Waals surface area contributed by atoms with Crippen LogP contribution in [0.3, 0.4) is 0 Å². The molecular formula is C30H65N5O9. The Morgan fingerprint density at radius 2 is 0.795 bits per heavy atom. The van der Waals surface area contributed by atoms with Gasteiger partial charge in [0.15, 0.2) is 0 Å². The molecule has 0 saturated heterocycles. The number of hydrogen-bond acceptors (Lipinski definition) is 13. The molecule has 0 fully saturated rings. The topological polar surface area (TPSA) is 193 Å². The third-order valence-electron chi connectivity index (χ3n) is 6.08. The SMILES string of the molecule is NCCCC[C@H](N)C(=O)NCCCOCCOCCOCCCNCCCOCCOCCOCCOCCOCCCN. The monoisotopic (exact) mass is 639 g/mol. The van der Waals surface area contributed by atoms with Crippen molar-refractivity contribution in [2.75, 3.05) is 138 Å². The average Bonchev–Trinajstić information content (AvgIpc) is 3.03. The molecule has 1 atom stereocenters. The molecule has 0 heterocycles. The molecule has 14 nitrogen and oxygen atoms in total. The molecule has 0 rings (SSSR count). The van der Waals surface area contributed by atoms with Crippen LogP contribution in [0.5, 0.6) is 0 Å². The van der Waals surface area contributed by atoms with E-state index in [1.165, 1.54) is 0 Å². The minimum atomic E-state index is -0.463. The number of hydrogen-bond donors (Lipinski definition) is 5. The van der Waals surface area contributed by atoms with Crippen LogP contribution in [-0.4, -0.2) is 150 Å². The van der Waals surface area contributed by atoms with Gasteiger partial charge in [-0.25, -0.2) is 0 Å². The molecule has 0 radical (unpaired) electrons. The lowest BCUT2D eigenvalue weighted by molar-refractivity contribution is -0.122. The van der Waals surface area contributed by atoms with Crippen LogP contribution < -0.4 is 27.8 Å². The molecule has 44 heavy (non-hydrogen) atoms. The summed E-state index contributed by atoms with van der Waals surface area (Å²) in [4.78, 5) is 11.8. The van der Waals surface area contributed by atoms with E-state index < -0.39 is 6.04 Å². The van der Waals surface area contributed by atoms with Gasteiger partial charge < -0.3 is 65.7 Å². The van der Waals surface area contributed by atoms with Gasteiger partial charge in [-0.15, -0.1) is 0 Å². The highest BCUT2D eigenvalue weighted by Crippen LogP contribution is 1.98. The fourth-order valence-electron chi connectivity index (χ4n) is 3.59. The number of amides is 1.